The molecule has 2 N–H and O–H groups in total. The molecule has 1 amide bonds. The zero-order valence-electron chi connectivity index (χ0n) is 15.1. The fraction of sp³-hybridized carbons (Fsp3) is 0.421. The second kappa shape index (κ2) is 7.70. The van der Waals surface area contributed by atoms with Crippen LogP contribution in [0.4, 0.5) is 5.69 Å². The van der Waals surface area contributed by atoms with E-state index in [1.54, 1.807) is 23.0 Å². The van der Waals surface area contributed by atoms with E-state index in [-0.39, 0.29) is 5.91 Å². The Bertz CT molecular complexity index is 798. The Morgan fingerprint density at radius 2 is 2.04 bits per heavy atom. The number of aromatic carboxylic acids is 1. The van der Waals surface area contributed by atoms with Crippen molar-refractivity contribution in [3.63, 3.8) is 0 Å². The molecule has 1 aromatic carbocycles. The summed E-state index contributed by atoms with van der Waals surface area (Å²) in [5, 5.41) is 16.1. The van der Waals surface area contributed by atoms with Crippen molar-refractivity contribution >= 4 is 17.6 Å². The highest BCUT2D eigenvalue weighted by molar-refractivity contribution is 5.92. The van der Waals surface area contributed by atoms with Gasteiger partial charge in [0.25, 0.3) is 0 Å². The Morgan fingerprint density at radius 3 is 2.65 bits per heavy atom. The Labute approximate surface area is 152 Å². The Balaban J connectivity index is 1.48. The second-order valence-electron chi connectivity index (χ2n) is 6.95. The molecule has 1 aromatic heterocycles. The van der Waals surface area contributed by atoms with Gasteiger partial charge in [-0.25, -0.2) is 4.79 Å². The fourth-order valence-electron chi connectivity index (χ4n) is 3.45. The highest BCUT2D eigenvalue weighted by Crippen LogP contribution is 2.21. The maximum absolute atomic E-state index is 12.3. The first-order chi connectivity index (χ1) is 12.4. The van der Waals surface area contributed by atoms with Gasteiger partial charge in [-0.2, -0.15) is 5.10 Å². The van der Waals surface area contributed by atoms with Crippen LogP contribution in [0.5, 0.6) is 0 Å². The molecule has 1 aliphatic rings. The molecule has 2 aromatic rings. The lowest BCUT2D eigenvalue weighted by molar-refractivity contribution is -0.117. The molecule has 0 radical (unpaired) electrons. The zero-order valence-corrected chi connectivity index (χ0v) is 15.1. The summed E-state index contributed by atoms with van der Waals surface area (Å²) in [6.45, 7) is 4.03. The number of benzene rings is 1. The lowest BCUT2D eigenvalue weighted by atomic mass is 9.98. The summed E-state index contributed by atoms with van der Waals surface area (Å²) in [4.78, 5) is 25.3. The summed E-state index contributed by atoms with van der Waals surface area (Å²) in [6.07, 6.45) is 3.75. The van der Waals surface area contributed by atoms with Crippen LogP contribution >= 0.6 is 0 Å². The molecule has 3 rings (SSSR count). The zero-order chi connectivity index (χ0) is 18.7. The minimum atomic E-state index is -0.904. The van der Waals surface area contributed by atoms with Crippen LogP contribution in [-0.4, -0.2) is 51.3 Å². The first kappa shape index (κ1) is 18.1. The van der Waals surface area contributed by atoms with Crippen LogP contribution in [0.3, 0.4) is 0 Å². The predicted octanol–water partition coefficient (Wildman–Crippen LogP) is 1.93. The lowest BCUT2D eigenvalue weighted by Gasteiger charge is -2.15. The third-order valence-corrected chi connectivity index (χ3v) is 4.75. The summed E-state index contributed by atoms with van der Waals surface area (Å²) in [6, 6.07) is 7.05. The van der Waals surface area contributed by atoms with Gasteiger partial charge < -0.3 is 10.4 Å². The van der Waals surface area contributed by atoms with E-state index in [1.165, 1.54) is 0 Å². The molecule has 1 saturated heterocycles. The van der Waals surface area contributed by atoms with Crippen LogP contribution < -0.4 is 5.32 Å². The van der Waals surface area contributed by atoms with Crippen LogP contribution in [0.15, 0.2) is 30.5 Å². The van der Waals surface area contributed by atoms with Crippen LogP contribution in [-0.2, 0) is 18.3 Å². The van der Waals surface area contributed by atoms with Crippen molar-refractivity contribution in [2.45, 2.75) is 19.8 Å². The summed E-state index contributed by atoms with van der Waals surface area (Å²) in [5.41, 5.74) is 3.01. The van der Waals surface area contributed by atoms with Gasteiger partial charge in [-0.15, -0.1) is 0 Å². The van der Waals surface area contributed by atoms with Gasteiger partial charge >= 0.3 is 5.97 Å². The fourth-order valence-corrected chi connectivity index (χ4v) is 3.45. The number of carboxylic acids is 1. The smallest absolute Gasteiger partial charge is 0.335 e. The number of amides is 1. The van der Waals surface area contributed by atoms with E-state index >= 15 is 0 Å². The number of anilines is 1. The average molecular weight is 356 g/mol. The number of carboxylic acid groups (broad SMARTS) is 1. The molecule has 138 valence electrons. The number of nitrogens with one attached hydrogen (secondary N) is 1. The molecule has 7 nitrogen and oxygen atoms in total. The van der Waals surface area contributed by atoms with Crippen molar-refractivity contribution in [2.24, 2.45) is 13.0 Å². The van der Waals surface area contributed by atoms with Gasteiger partial charge in [-0.3, -0.25) is 14.4 Å². The molecule has 0 bridgehead atoms. The van der Waals surface area contributed by atoms with E-state index in [4.69, 9.17) is 5.11 Å². The molecule has 0 saturated carbocycles. The monoisotopic (exact) mass is 356 g/mol. The largest absolute Gasteiger partial charge is 0.478 e. The van der Waals surface area contributed by atoms with Gasteiger partial charge in [0.15, 0.2) is 0 Å². The first-order valence-corrected chi connectivity index (χ1v) is 8.75. The number of hydrogen-bond acceptors (Lipinski definition) is 4. The lowest BCUT2D eigenvalue weighted by Crippen LogP contribution is -2.31. The van der Waals surface area contributed by atoms with Crippen LogP contribution in [0, 0.1) is 12.8 Å². The average Bonchev–Trinajstić information content (AvgIpc) is 3.14. The number of carbonyl (C=O) groups excluding carboxylic acids is 1. The van der Waals surface area contributed by atoms with E-state index in [9.17, 15) is 9.59 Å². The number of aromatic nitrogens is 2. The maximum Gasteiger partial charge on any atom is 0.335 e. The summed E-state index contributed by atoms with van der Waals surface area (Å²) >= 11 is 0. The normalized spacial score (nSPS) is 17.4. The maximum atomic E-state index is 12.3. The molecule has 26 heavy (non-hydrogen) atoms. The number of rotatable bonds is 6. The van der Waals surface area contributed by atoms with Gasteiger partial charge in [0.05, 0.1) is 23.5 Å². The molecule has 0 aliphatic carbocycles. The number of hydrogen-bond donors (Lipinski definition) is 2. The molecule has 0 spiro atoms. The molecule has 1 aliphatic heterocycles. The van der Waals surface area contributed by atoms with E-state index in [0.29, 0.717) is 18.0 Å². The number of likely N-dealkylation sites (tertiary alicyclic amines) is 1. The predicted molar refractivity (Wildman–Crippen MR) is 98.2 cm³/mol. The standard InChI is InChI=1S/C19H24N4O3/c1-13-17(11-22(2)21-13)20-18(24)12-23-8-7-15(10-23)9-14-3-5-16(6-4-14)19(25)26/h3-6,11,15H,7-10,12H2,1-2H3,(H,20,24)(H,25,26)/t15-/m1/s1. The van der Waals surface area contributed by atoms with Gasteiger partial charge in [0.2, 0.25) is 5.91 Å². The molecule has 1 atom stereocenters. The van der Waals surface area contributed by atoms with Crippen molar-refractivity contribution < 1.29 is 14.7 Å². The molecule has 7 heteroatoms. The number of nitrogens with zero attached hydrogens (tertiary/aromatic N) is 3. The molecule has 2 heterocycles. The van der Waals surface area contributed by atoms with Crippen molar-refractivity contribution in [3.8, 4) is 0 Å². The van der Waals surface area contributed by atoms with Gasteiger partial charge in [0.1, 0.15) is 0 Å². The summed E-state index contributed by atoms with van der Waals surface area (Å²) in [7, 11) is 1.83. The summed E-state index contributed by atoms with van der Waals surface area (Å²) in [5.74, 6) is -0.440. The van der Waals surface area contributed by atoms with E-state index in [2.05, 4.69) is 15.3 Å². The molecule has 0 unspecified atom stereocenters. The van der Waals surface area contributed by atoms with E-state index < -0.39 is 5.97 Å². The van der Waals surface area contributed by atoms with Crippen molar-refractivity contribution in [1.82, 2.24) is 14.7 Å². The molecule has 1 fully saturated rings. The van der Waals surface area contributed by atoms with E-state index in [0.717, 1.165) is 42.9 Å². The molecular formula is C19H24N4O3. The number of carbonyl (C=O) groups is 2. The minimum Gasteiger partial charge on any atom is -0.478 e. The third kappa shape index (κ3) is 4.49. The van der Waals surface area contributed by atoms with Gasteiger partial charge in [0, 0.05) is 19.8 Å². The van der Waals surface area contributed by atoms with Crippen LogP contribution in [0.25, 0.3) is 0 Å². The van der Waals surface area contributed by atoms with Crippen molar-refractivity contribution in [3.05, 3.63) is 47.3 Å². The molecular weight excluding hydrogens is 332 g/mol. The minimum absolute atomic E-state index is 0.0208. The second-order valence-corrected chi connectivity index (χ2v) is 6.95. The Morgan fingerprint density at radius 1 is 1.31 bits per heavy atom. The van der Waals surface area contributed by atoms with Crippen LogP contribution in [0.1, 0.15) is 28.0 Å². The quantitative estimate of drug-likeness (QED) is 0.826. The number of aryl methyl sites for hydroxylation is 2. The third-order valence-electron chi connectivity index (χ3n) is 4.75. The Hall–Kier alpha value is -2.67. The van der Waals surface area contributed by atoms with Gasteiger partial charge in [-0.05, 0) is 49.9 Å². The van der Waals surface area contributed by atoms with Crippen molar-refractivity contribution in [1.29, 1.82) is 0 Å². The highest BCUT2D eigenvalue weighted by atomic mass is 16.4. The van der Waals surface area contributed by atoms with Crippen molar-refractivity contribution in [2.75, 3.05) is 25.0 Å². The summed E-state index contributed by atoms with van der Waals surface area (Å²) < 4.78 is 1.69. The highest BCUT2D eigenvalue weighted by Gasteiger charge is 2.24. The van der Waals surface area contributed by atoms with Gasteiger partial charge in [-0.1, -0.05) is 12.1 Å². The van der Waals surface area contributed by atoms with E-state index in [1.807, 2.05) is 26.1 Å². The van der Waals surface area contributed by atoms with Crippen LogP contribution in [0.2, 0.25) is 0 Å². The Kier molecular flexibility index (Phi) is 5.37. The SMILES string of the molecule is Cc1nn(C)cc1NC(=O)CN1CC[C@H](Cc2ccc(C(=O)O)cc2)C1. The topological polar surface area (TPSA) is 87.5 Å². The first-order valence-electron chi connectivity index (χ1n) is 8.75.